The summed E-state index contributed by atoms with van der Waals surface area (Å²) < 4.78 is -6.83. The van der Waals surface area contributed by atoms with Gasteiger partial charge in [-0.3, -0.25) is 0 Å². The number of rotatable bonds is 0. The molecule has 0 amide bonds. The van der Waals surface area contributed by atoms with Crippen molar-refractivity contribution in [2.45, 2.75) is 11.4 Å². The second-order valence-electron chi connectivity index (χ2n) is 2.36. The molecule has 0 rings (SSSR count). The van der Waals surface area contributed by atoms with E-state index in [1.54, 1.807) is 0 Å². The fourth-order valence-corrected chi connectivity index (χ4v) is 0. The number of carboxylic acid groups (broad SMARTS) is 3. The van der Waals surface area contributed by atoms with Crippen molar-refractivity contribution in [2.75, 3.05) is 0 Å². The first kappa shape index (κ1) is 31.4. The Balaban J connectivity index is -0.000000108. The molecule has 0 bridgehead atoms. The Bertz CT molecular complexity index is 313. The monoisotopic (exact) mass is 585 g/mol. The fraction of sp³-hybridized carbons (Fsp3) is 0.500. The van der Waals surface area contributed by atoms with Crippen molar-refractivity contribution in [3.8, 4) is 0 Å². The topological polar surface area (TPSA) is 120 Å². The molecule has 16 heteroatoms. The molecule has 0 atom stereocenters. The molecule has 0 aliphatic heterocycles. The molecular weight excluding hydrogens is 588 g/mol. The molecule has 0 N–H and O–H groups in total. The predicted molar refractivity (Wildman–Crippen MR) is 75.9 cm³/mol. The van der Waals surface area contributed by atoms with Crippen LogP contribution < -0.4 is 15.3 Å². The number of carboxylic acids is 3. The Morgan fingerprint density at radius 3 is 0.545 bits per heavy atom. The van der Waals surface area contributed by atoms with Crippen LogP contribution in [0.25, 0.3) is 0 Å². The number of alkyl halides is 9. The van der Waals surface area contributed by atoms with Crippen LogP contribution in [0.3, 0.4) is 0 Å². The smallest absolute Gasteiger partial charge is 0.545 e. The predicted octanol–water partition coefficient (Wildman–Crippen LogP) is 0.317. The molecule has 0 fully saturated rings. The van der Waals surface area contributed by atoms with Crippen LogP contribution in [0.4, 0.5) is 0 Å². The van der Waals surface area contributed by atoms with Crippen molar-refractivity contribution in [2.24, 2.45) is 0 Å². The van der Waals surface area contributed by atoms with Crippen LogP contribution in [-0.2, 0) is 33.9 Å². The molecule has 131 valence electrons. The molecule has 0 aliphatic rings. The van der Waals surface area contributed by atoms with E-state index in [4.69, 9.17) is 104 Å². The van der Waals surface area contributed by atoms with Crippen molar-refractivity contribution in [1.82, 2.24) is 0 Å². The van der Waals surface area contributed by atoms with Crippen LogP contribution >= 0.6 is 104 Å². The SMILES string of the molecule is O=C([O-])C(Cl)(Cl)Cl.O=C([O-])C(Cl)(Cl)Cl.O=C([O-])C(Cl)(Cl)Cl.[Ru+3]. The van der Waals surface area contributed by atoms with Gasteiger partial charge in [-0.05, 0) is 0 Å². The van der Waals surface area contributed by atoms with Crippen LogP contribution in [0.1, 0.15) is 0 Å². The molecule has 0 unspecified atom stereocenters. The summed E-state index contributed by atoms with van der Waals surface area (Å²) in [5.74, 6) is -5.13. The molecule has 0 aromatic carbocycles. The number of aliphatic carboxylic acids is 3. The quantitative estimate of drug-likeness (QED) is 0.297. The summed E-state index contributed by atoms with van der Waals surface area (Å²) in [5, 5.41) is 28.5. The molecule has 0 aromatic heterocycles. The van der Waals surface area contributed by atoms with E-state index in [1.165, 1.54) is 0 Å². The van der Waals surface area contributed by atoms with E-state index >= 15 is 0 Å². The van der Waals surface area contributed by atoms with Gasteiger partial charge < -0.3 is 29.7 Å². The first-order valence-corrected chi connectivity index (χ1v) is 7.08. The summed E-state index contributed by atoms with van der Waals surface area (Å²) in [7, 11) is 0. The van der Waals surface area contributed by atoms with Gasteiger partial charge in [0.15, 0.2) is 0 Å². The average Bonchev–Trinajstić information content (AvgIpc) is 2.14. The first-order chi connectivity index (χ1) is 8.83. The molecule has 0 aromatic rings. The largest absolute Gasteiger partial charge is 3.00 e. The third-order valence-electron chi connectivity index (χ3n) is 0.694. The normalized spacial score (nSPS) is 10.8. The van der Waals surface area contributed by atoms with Crippen LogP contribution in [0.5, 0.6) is 0 Å². The minimum Gasteiger partial charge on any atom is -0.545 e. The molecule has 1 radical (unpaired) electrons. The first-order valence-electron chi connectivity index (χ1n) is 3.68. The summed E-state index contributed by atoms with van der Waals surface area (Å²) in [6.07, 6.45) is 0. The molecule has 22 heavy (non-hydrogen) atoms. The number of halogens is 9. The van der Waals surface area contributed by atoms with Gasteiger partial charge in [0.1, 0.15) is 0 Å². The molecule has 0 saturated heterocycles. The summed E-state index contributed by atoms with van der Waals surface area (Å²) >= 11 is 42.6. The average molecular weight is 588 g/mol. The number of hydrogen-bond donors (Lipinski definition) is 0. The molecule has 0 aliphatic carbocycles. The third-order valence-corrected chi connectivity index (χ3v) is 2.08. The van der Waals surface area contributed by atoms with Crippen molar-refractivity contribution in [3.05, 3.63) is 0 Å². The van der Waals surface area contributed by atoms with Crippen molar-refractivity contribution in [1.29, 1.82) is 0 Å². The van der Waals surface area contributed by atoms with E-state index in [1.807, 2.05) is 0 Å². The second-order valence-corrected chi connectivity index (χ2v) is 9.20. The van der Waals surface area contributed by atoms with E-state index in [-0.39, 0.29) is 19.5 Å². The summed E-state index contributed by atoms with van der Waals surface area (Å²) in [6.45, 7) is 0. The van der Waals surface area contributed by atoms with Crippen molar-refractivity contribution < 1.29 is 49.2 Å². The second kappa shape index (κ2) is 12.9. The van der Waals surface area contributed by atoms with Crippen LogP contribution in [0.15, 0.2) is 0 Å². The Morgan fingerprint density at radius 1 is 0.500 bits per heavy atom. The van der Waals surface area contributed by atoms with E-state index in [0.29, 0.717) is 0 Å². The summed E-state index contributed by atoms with van der Waals surface area (Å²) in [4.78, 5) is 28.5. The van der Waals surface area contributed by atoms with Crippen molar-refractivity contribution in [3.63, 3.8) is 0 Å². The molecular formula is C6Cl9O6Ru. The number of carbonyl (C=O) groups excluding carboxylic acids is 3. The maximum Gasteiger partial charge on any atom is 3.00 e. The fourth-order valence-electron chi connectivity index (χ4n) is 0. The van der Waals surface area contributed by atoms with Crippen LogP contribution in [-0.4, -0.2) is 29.3 Å². The van der Waals surface area contributed by atoms with Gasteiger partial charge in [-0.25, -0.2) is 0 Å². The number of hydrogen-bond acceptors (Lipinski definition) is 6. The zero-order valence-corrected chi connectivity index (χ0v) is 17.7. The maximum atomic E-state index is 9.51. The van der Waals surface area contributed by atoms with E-state index in [9.17, 15) is 29.7 Å². The van der Waals surface area contributed by atoms with Gasteiger partial charge >= 0.3 is 19.5 Å². The minimum absolute atomic E-state index is 0. The van der Waals surface area contributed by atoms with E-state index < -0.39 is 29.3 Å². The van der Waals surface area contributed by atoms with Gasteiger partial charge in [0.25, 0.3) is 0 Å². The third kappa shape index (κ3) is 23.9. The van der Waals surface area contributed by atoms with E-state index in [0.717, 1.165) is 0 Å². The van der Waals surface area contributed by atoms with Gasteiger partial charge in [0.2, 0.25) is 11.4 Å². The van der Waals surface area contributed by atoms with E-state index in [2.05, 4.69) is 0 Å². The zero-order valence-electron chi connectivity index (χ0n) is 9.20. The number of carbonyl (C=O) groups is 3. The Kier molecular flexibility index (Phi) is 18.5. The summed E-state index contributed by atoms with van der Waals surface area (Å²) in [6, 6.07) is 0. The Labute approximate surface area is 181 Å². The van der Waals surface area contributed by atoms with Gasteiger partial charge in [0.05, 0.1) is 17.9 Å². The minimum atomic E-state index is -2.28. The molecule has 0 saturated carbocycles. The van der Waals surface area contributed by atoms with Crippen molar-refractivity contribution >= 4 is 122 Å². The molecule has 0 heterocycles. The molecule has 0 spiro atoms. The molecule has 6 nitrogen and oxygen atoms in total. The zero-order chi connectivity index (χ0) is 18.2. The van der Waals surface area contributed by atoms with Crippen LogP contribution in [0, 0.1) is 0 Å². The Hall–Kier alpha value is 1.64. The van der Waals surface area contributed by atoms with Crippen LogP contribution in [0.2, 0.25) is 0 Å². The van der Waals surface area contributed by atoms with Gasteiger partial charge in [-0.1, -0.05) is 104 Å². The standard InChI is InChI=1S/3C2HCl3O2.Ru/c3*3-2(4,5)1(6)7;/h3*(H,6,7);/q;;;+3/p-3. The van der Waals surface area contributed by atoms with Gasteiger partial charge in [-0.2, -0.15) is 0 Å². The van der Waals surface area contributed by atoms with Gasteiger partial charge in [-0.15, -0.1) is 0 Å². The van der Waals surface area contributed by atoms with Gasteiger partial charge in [0, 0.05) is 0 Å². The Morgan fingerprint density at radius 2 is 0.545 bits per heavy atom. The summed E-state index contributed by atoms with van der Waals surface area (Å²) in [5.41, 5.74) is 0. The maximum absolute atomic E-state index is 9.51.